The number of amides is 1. The van der Waals surface area contributed by atoms with E-state index < -0.39 is 0 Å². The Morgan fingerprint density at radius 1 is 1.35 bits per heavy atom. The second-order valence-corrected chi connectivity index (χ2v) is 6.15. The van der Waals surface area contributed by atoms with Crippen LogP contribution in [0.5, 0.6) is 11.6 Å². The van der Waals surface area contributed by atoms with Crippen LogP contribution in [-0.2, 0) is 0 Å². The van der Waals surface area contributed by atoms with Crippen LogP contribution >= 0.6 is 15.9 Å². The highest BCUT2D eigenvalue weighted by Crippen LogP contribution is 2.26. The number of pyridine rings is 1. The SMILES string of the molecule is COc1ccc(Br)c(C(=O)N2CCC(Oc3ccccn3)C2)c1. The van der Waals surface area contributed by atoms with E-state index in [1.165, 1.54) is 0 Å². The van der Waals surface area contributed by atoms with Crippen molar-refractivity contribution in [3.05, 3.63) is 52.6 Å². The number of benzene rings is 1. The second kappa shape index (κ2) is 7.00. The zero-order valence-electron chi connectivity index (χ0n) is 12.7. The molecular formula is C17H17BrN2O3. The fraction of sp³-hybridized carbons (Fsp3) is 0.294. The van der Waals surface area contributed by atoms with Crippen molar-refractivity contribution in [2.45, 2.75) is 12.5 Å². The molecule has 1 saturated heterocycles. The summed E-state index contributed by atoms with van der Waals surface area (Å²) in [6.07, 6.45) is 2.46. The maximum atomic E-state index is 12.7. The molecule has 0 bridgehead atoms. The highest BCUT2D eigenvalue weighted by atomic mass is 79.9. The van der Waals surface area contributed by atoms with E-state index in [0.717, 1.165) is 10.9 Å². The monoisotopic (exact) mass is 376 g/mol. The lowest BCUT2D eigenvalue weighted by Gasteiger charge is -2.18. The Morgan fingerprint density at radius 2 is 2.22 bits per heavy atom. The van der Waals surface area contributed by atoms with Gasteiger partial charge in [-0.05, 0) is 40.2 Å². The van der Waals surface area contributed by atoms with Crippen molar-refractivity contribution >= 4 is 21.8 Å². The summed E-state index contributed by atoms with van der Waals surface area (Å²) in [6, 6.07) is 10.9. The summed E-state index contributed by atoms with van der Waals surface area (Å²) in [5, 5.41) is 0. The number of likely N-dealkylation sites (tertiary alicyclic amines) is 1. The number of hydrogen-bond donors (Lipinski definition) is 0. The van der Waals surface area contributed by atoms with Crippen LogP contribution < -0.4 is 9.47 Å². The van der Waals surface area contributed by atoms with E-state index in [-0.39, 0.29) is 12.0 Å². The Balaban J connectivity index is 1.68. The third-order valence-electron chi connectivity index (χ3n) is 3.76. The number of carbonyl (C=O) groups excluding carboxylic acids is 1. The molecule has 6 heteroatoms. The molecule has 1 aliphatic heterocycles. The number of rotatable bonds is 4. The number of nitrogens with zero attached hydrogens (tertiary/aromatic N) is 2. The largest absolute Gasteiger partial charge is 0.497 e. The average Bonchev–Trinajstić information content (AvgIpc) is 3.04. The molecule has 1 aliphatic rings. The van der Waals surface area contributed by atoms with Gasteiger partial charge < -0.3 is 14.4 Å². The molecule has 0 aliphatic carbocycles. The number of methoxy groups -OCH3 is 1. The standard InChI is InChI=1S/C17H17BrN2O3/c1-22-12-5-6-15(18)14(10-12)17(21)20-9-7-13(11-20)23-16-4-2-3-8-19-16/h2-6,8,10,13H,7,9,11H2,1H3. The third kappa shape index (κ3) is 3.64. The predicted octanol–water partition coefficient (Wildman–Crippen LogP) is 3.15. The molecule has 1 aromatic carbocycles. The Hall–Kier alpha value is -2.08. The van der Waals surface area contributed by atoms with Gasteiger partial charge in [-0.25, -0.2) is 4.98 Å². The lowest BCUT2D eigenvalue weighted by molar-refractivity contribution is 0.0770. The fourth-order valence-corrected chi connectivity index (χ4v) is 2.98. The van der Waals surface area contributed by atoms with E-state index in [1.54, 1.807) is 24.3 Å². The topological polar surface area (TPSA) is 51.7 Å². The molecule has 23 heavy (non-hydrogen) atoms. The van der Waals surface area contributed by atoms with Gasteiger partial charge in [0.2, 0.25) is 5.88 Å². The molecule has 2 heterocycles. The third-order valence-corrected chi connectivity index (χ3v) is 4.45. The van der Waals surface area contributed by atoms with Crippen LogP contribution in [0, 0.1) is 0 Å². The minimum absolute atomic E-state index is 0.0251. The molecule has 0 N–H and O–H groups in total. The first-order valence-electron chi connectivity index (χ1n) is 7.38. The zero-order valence-corrected chi connectivity index (χ0v) is 14.3. The van der Waals surface area contributed by atoms with Gasteiger partial charge in [-0.2, -0.15) is 0 Å². The Kier molecular flexibility index (Phi) is 4.81. The van der Waals surface area contributed by atoms with Gasteiger partial charge >= 0.3 is 0 Å². The lowest BCUT2D eigenvalue weighted by Crippen LogP contribution is -2.31. The minimum atomic E-state index is -0.0294. The van der Waals surface area contributed by atoms with Gasteiger partial charge in [0.15, 0.2) is 0 Å². The number of halogens is 1. The van der Waals surface area contributed by atoms with Crippen molar-refractivity contribution in [3.8, 4) is 11.6 Å². The number of hydrogen-bond acceptors (Lipinski definition) is 4. The number of ether oxygens (including phenoxy) is 2. The minimum Gasteiger partial charge on any atom is -0.497 e. The molecule has 1 fully saturated rings. The number of aromatic nitrogens is 1. The summed E-state index contributed by atoms with van der Waals surface area (Å²) in [5.74, 6) is 1.23. The summed E-state index contributed by atoms with van der Waals surface area (Å²) in [7, 11) is 1.59. The Labute approximate surface area is 143 Å². The van der Waals surface area contributed by atoms with Crippen molar-refractivity contribution in [3.63, 3.8) is 0 Å². The number of carbonyl (C=O) groups is 1. The second-order valence-electron chi connectivity index (χ2n) is 5.29. The highest BCUT2D eigenvalue weighted by Gasteiger charge is 2.29. The van der Waals surface area contributed by atoms with Crippen LogP contribution in [0.1, 0.15) is 16.8 Å². The lowest BCUT2D eigenvalue weighted by atomic mass is 10.2. The van der Waals surface area contributed by atoms with E-state index in [2.05, 4.69) is 20.9 Å². The first-order valence-corrected chi connectivity index (χ1v) is 8.17. The summed E-state index contributed by atoms with van der Waals surface area (Å²) < 4.78 is 11.8. The molecule has 1 aromatic heterocycles. The van der Waals surface area contributed by atoms with Gasteiger partial charge in [0.1, 0.15) is 11.9 Å². The van der Waals surface area contributed by atoms with Gasteiger partial charge in [0.25, 0.3) is 5.91 Å². The van der Waals surface area contributed by atoms with E-state index in [1.807, 2.05) is 30.3 Å². The van der Waals surface area contributed by atoms with Crippen LogP contribution in [0.2, 0.25) is 0 Å². The molecule has 1 atom stereocenters. The van der Waals surface area contributed by atoms with Crippen LogP contribution in [-0.4, -0.2) is 42.1 Å². The molecule has 120 valence electrons. The van der Waals surface area contributed by atoms with Crippen LogP contribution in [0.3, 0.4) is 0 Å². The summed E-state index contributed by atoms with van der Waals surface area (Å²) >= 11 is 3.43. The van der Waals surface area contributed by atoms with Gasteiger partial charge in [-0.3, -0.25) is 4.79 Å². The van der Waals surface area contributed by atoms with Crippen LogP contribution in [0.25, 0.3) is 0 Å². The van der Waals surface area contributed by atoms with E-state index in [9.17, 15) is 4.79 Å². The Bertz CT molecular complexity index is 693. The van der Waals surface area contributed by atoms with Crippen LogP contribution in [0.4, 0.5) is 0 Å². The van der Waals surface area contributed by atoms with Gasteiger partial charge in [-0.1, -0.05) is 6.07 Å². The molecule has 0 saturated carbocycles. The van der Waals surface area contributed by atoms with Gasteiger partial charge in [0, 0.05) is 29.7 Å². The van der Waals surface area contributed by atoms with Crippen molar-refractivity contribution in [1.82, 2.24) is 9.88 Å². The molecule has 5 nitrogen and oxygen atoms in total. The van der Waals surface area contributed by atoms with Crippen molar-refractivity contribution in [2.24, 2.45) is 0 Å². The first kappa shape index (κ1) is 15.8. The summed E-state index contributed by atoms with van der Waals surface area (Å²) in [4.78, 5) is 18.7. The Morgan fingerprint density at radius 3 is 2.96 bits per heavy atom. The summed E-state index contributed by atoms with van der Waals surface area (Å²) in [5.41, 5.74) is 0.600. The van der Waals surface area contributed by atoms with Crippen molar-refractivity contribution in [1.29, 1.82) is 0 Å². The molecule has 0 radical (unpaired) electrons. The maximum Gasteiger partial charge on any atom is 0.255 e. The smallest absolute Gasteiger partial charge is 0.255 e. The van der Waals surface area contributed by atoms with E-state index in [4.69, 9.17) is 9.47 Å². The zero-order chi connectivity index (χ0) is 16.2. The van der Waals surface area contributed by atoms with E-state index >= 15 is 0 Å². The normalized spacial score (nSPS) is 17.1. The van der Waals surface area contributed by atoms with Crippen molar-refractivity contribution < 1.29 is 14.3 Å². The molecule has 1 amide bonds. The van der Waals surface area contributed by atoms with Gasteiger partial charge in [0.05, 0.1) is 19.2 Å². The summed E-state index contributed by atoms with van der Waals surface area (Å²) in [6.45, 7) is 1.22. The highest BCUT2D eigenvalue weighted by molar-refractivity contribution is 9.10. The predicted molar refractivity (Wildman–Crippen MR) is 89.9 cm³/mol. The quantitative estimate of drug-likeness (QED) is 0.822. The molecule has 3 rings (SSSR count). The molecule has 2 aromatic rings. The molecule has 0 spiro atoms. The van der Waals surface area contributed by atoms with Gasteiger partial charge in [-0.15, -0.1) is 0 Å². The molecular weight excluding hydrogens is 360 g/mol. The van der Waals surface area contributed by atoms with E-state index in [0.29, 0.717) is 30.3 Å². The average molecular weight is 377 g/mol. The first-order chi connectivity index (χ1) is 11.2. The fourth-order valence-electron chi connectivity index (χ4n) is 2.56. The molecule has 1 unspecified atom stereocenters. The van der Waals surface area contributed by atoms with Crippen molar-refractivity contribution in [2.75, 3.05) is 20.2 Å². The maximum absolute atomic E-state index is 12.7. The van der Waals surface area contributed by atoms with Crippen LogP contribution in [0.15, 0.2) is 47.1 Å².